The van der Waals surface area contributed by atoms with Crippen LogP contribution >= 0.6 is 0 Å². The minimum Gasteiger partial charge on any atom is -0.492 e. The Bertz CT molecular complexity index is 964. The van der Waals surface area contributed by atoms with E-state index in [0.29, 0.717) is 18.8 Å². The Labute approximate surface area is 169 Å². The quantitative estimate of drug-likeness (QED) is 0.667. The fraction of sp³-hybridized carbons (Fsp3) is 0.381. The van der Waals surface area contributed by atoms with Crippen LogP contribution in [-0.2, 0) is 6.42 Å². The van der Waals surface area contributed by atoms with Crippen LogP contribution in [0.3, 0.4) is 0 Å². The van der Waals surface area contributed by atoms with E-state index in [1.54, 1.807) is 12.4 Å². The van der Waals surface area contributed by atoms with E-state index in [-0.39, 0.29) is 5.82 Å². The first-order valence-electron chi connectivity index (χ1n) is 9.82. The summed E-state index contributed by atoms with van der Waals surface area (Å²) in [6.07, 6.45) is 2.25. The van der Waals surface area contributed by atoms with Gasteiger partial charge in [0.2, 0.25) is 0 Å². The molecule has 0 radical (unpaired) electrons. The number of hydrogen-bond donors (Lipinski definition) is 2. The van der Waals surface area contributed by atoms with Crippen LogP contribution < -0.4 is 15.0 Å². The molecule has 0 amide bonds. The molecule has 0 atom stereocenters. The molecule has 1 aliphatic rings. The number of aryl methyl sites for hydroxylation is 2. The van der Waals surface area contributed by atoms with Gasteiger partial charge in [0.1, 0.15) is 23.7 Å². The molecule has 2 aromatic heterocycles. The SMILES string of the molecule is Cc1n[nH]c(C)c1CCOc1cc(F)ccc1-c1cc(N2CCNCC2)ncn1. The molecule has 0 saturated carbocycles. The molecule has 1 saturated heterocycles. The minimum atomic E-state index is -0.337. The van der Waals surface area contributed by atoms with Gasteiger partial charge in [-0.2, -0.15) is 5.10 Å². The lowest BCUT2D eigenvalue weighted by molar-refractivity contribution is 0.321. The molecule has 1 fully saturated rings. The van der Waals surface area contributed by atoms with E-state index in [1.807, 2.05) is 19.9 Å². The fourth-order valence-electron chi connectivity index (χ4n) is 3.59. The van der Waals surface area contributed by atoms with Gasteiger partial charge in [0.15, 0.2) is 0 Å². The lowest BCUT2D eigenvalue weighted by Gasteiger charge is -2.28. The van der Waals surface area contributed by atoms with Crippen LogP contribution in [0.5, 0.6) is 5.75 Å². The first-order valence-corrected chi connectivity index (χ1v) is 9.82. The third kappa shape index (κ3) is 4.37. The molecule has 4 rings (SSSR count). The first kappa shape index (κ1) is 19.3. The number of hydrogen-bond acceptors (Lipinski definition) is 6. The second-order valence-corrected chi connectivity index (χ2v) is 7.15. The lowest BCUT2D eigenvalue weighted by Crippen LogP contribution is -2.43. The van der Waals surface area contributed by atoms with Crippen LogP contribution in [0.2, 0.25) is 0 Å². The molecule has 2 N–H and O–H groups in total. The second kappa shape index (κ2) is 8.57. The highest BCUT2D eigenvalue weighted by molar-refractivity contribution is 5.69. The highest BCUT2D eigenvalue weighted by Gasteiger charge is 2.16. The second-order valence-electron chi connectivity index (χ2n) is 7.15. The highest BCUT2D eigenvalue weighted by Crippen LogP contribution is 2.31. The van der Waals surface area contributed by atoms with Crippen molar-refractivity contribution in [3.05, 3.63) is 53.4 Å². The number of aromatic amines is 1. The molecule has 0 unspecified atom stereocenters. The Morgan fingerprint density at radius 3 is 2.72 bits per heavy atom. The van der Waals surface area contributed by atoms with Crippen LogP contribution in [0.1, 0.15) is 17.0 Å². The summed E-state index contributed by atoms with van der Waals surface area (Å²) in [5.41, 5.74) is 4.60. The molecule has 0 aliphatic carbocycles. The summed E-state index contributed by atoms with van der Waals surface area (Å²) < 4.78 is 19.9. The normalized spacial score (nSPS) is 14.2. The van der Waals surface area contributed by atoms with Gasteiger partial charge in [-0.15, -0.1) is 0 Å². The van der Waals surface area contributed by atoms with E-state index in [0.717, 1.165) is 60.2 Å². The van der Waals surface area contributed by atoms with Crippen molar-refractivity contribution in [2.45, 2.75) is 20.3 Å². The van der Waals surface area contributed by atoms with Crippen LogP contribution in [0.15, 0.2) is 30.6 Å². The van der Waals surface area contributed by atoms with E-state index >= 15 is 0 Å². The predicted molar refractivity (Wildman–Crippen MR) is 110 cm³/mol. The van der Waals surface area contributed by atoms with E-state index < -0.39 is 0 Å². The zero-order chi connectivity index (χ0) is 20.2. The number of nitrogens with one attached hydrogen (secondary N) is 2. The van der Waals surface area contributed by atoms with Crippen LogP contribution in [0, 0.1) is 19.7 Å². The van der Waals surface area contributed by atoms with E-state index in [9.17, 15) is 4.39 Å². The molecular weight excluding hydrogens is 371 g/mol. The van der Waals surface area contributed by atoms with E-state index in [1.165, 1.54) is 12.1 Å². The maximum absolute atomic E-state index is 13.9. The van der Waals surface area contributed by atoms with Crippen molar-refractivity contribution in [2.24, 2.45) is 0 Å². The molecule has 29 heavy (non-hydrogen) atoms. The van der Waals surface area contributed by atoms with Gasteiger partial charge >= 0.3 is 0 Å². The largest absolute Gasteiger partial charge is 0.492 e. The summed E-state index contributed by atoms with van der Waals surface area (Å²) in [6.45, 7) is 8.02. The van der Waals surface area contributed by atoms with Crippen LogP contribution in [0.4, 0.5) is 10.2 Å². The number of halogens is 1. The molecule has 7 nitrogen and oxygen atoms in total. The number of nitrogens with zero attached hydrogens (tertiary/aromatic N) is 4. The average molecular weight is 396 g/mol. The van der Waals surface area contributed by atoms with Gasteiger partial charge in [-0.05, 0) is 31.5 Å². The third-order valence-corrected chi connectivity index (χ3v) is 5.20. The third-order valence-electron chi connectivity index (χ3n) is 5.20. The number of ether oxygens (including phenoxy) is 1. The Morgan fingerprint density at radius 2 is 1.97 bits per heavy atom. The van der Waals surface area contributed by atoms with Gasteiger partial charge in [0.25, 0.3) is 0 Å². The van der Waals surface area contributed by atoms with Gasteiger partial charge in [-0.25, -0.2) is 14.4 Å². The van der Waals surface area contributed by atoms with E-state index in [2.05, 4.69) is 30.4 Å². The fourth-order valence-corrected chi connectivity index (χ4v) is 3.59. The van der Waals surface area contributed by atoms with Crippen molar-refractivity contribution in [3.8, 4) is 17.0 Å². The molecule has 152 valence electrons. The Morgan fingerprint density at radius 1 is 1.14 bits per heavy atom. The van der Waals surface area contributed by atoms with Gasteiger partial charge in [-0.3, -0.25) is 5.10 Å². The van der Waals surface area contributed by atoms with Gasteiger partial charge < -0.3 is 15.0 Å². The minimum absolute atomic E-state index is 0.337. The number of piperazine rings is 1. The van der Waals surface area contributed by atoms with Crippen molar-refractivity contribution in [1.29, 1.82) is 0 Å². The molecule has 0 spiro atoms. The van der Waals surface area contributed by atoms with Crippen molar-refractivity contribution in [1.82, 2.24) is 25.5 Å². The molecule has 8 heteroatoms. The molecule has 1 aromatic carbocycles. The standard InChI is InChI=1S/C21H25FN6O/c1-14-17(15(2)27-26-14)5-10-29-20-11-16(22)3-4-18(20)19-12-21(25-13-24-19)28-8-6-23-7-9-28/h3-4,11-13,23H,5-10H2,1-2H3,(H,26,27). The van der Waals surface area contributed by atoms with Gasteiger partial charge in [0.05, 0.1) is 18.0 Å². The smallest absolute Gasteiger partial charge is 0.132 e. The zero-order valence-corrected chi connectivity index (χ0v) is 16.7. The number of H-pyrrole nitrogens is 1. The maximum atomic E-state index is 13.9. The maximum Gasteiger partial charge on any atom is 0.132 e. The zero-order valence-electron chi connectivity index (χ0n) is 16.7. The first-order chi connectivity index (χ1) is 14.1. The van der Waals surface area contributed by atoms with Crippen LogP contribution in [-0.4, -0.2) is 53.0 Å². The lowest BCUT2D eigenvalue weighted by atomic mass is 10.1. The van der Waals surface area contributed by atoms with Crippen molar-refractivity contribution >= 4 is 5.82 Å². The summed E-state index contributed by atoms with van der Waals surface area (Å²) in [6, 6.07) is 6.49. The summed E-state index contributed by atoms with van der Waals surface area (Å²) in [4.78, 5) is 11.0. The number of rotatable bonds is 6. The van der Waals surface area contributed by atoms with Crippen molar-refractivity contribution in [3.63, 3.8) is 0 Å². The predicted octanol–water partition coefficient (Wildman–Crippen LogP) is 2.65. The Balaban J connectivity index is 1.55. The number of aromatic nitrogens is 4. The topological polar surface area (TPSA) is 79.0 Å². The molecule has 1 aliphatic heterocycles. The molecule has 3 aromatic rings. The van der Waals surface area contributed by atoms with Crippen molar-refractivity contribution < 1.29 is 9.13 Å². The molecule has 0 bridgehead atoms. The Kier molecular flexibility index (Phi) is 5.71. The average Bonchev–Trinajstić information content (AvgIpc) is 3.07. The summed E-state index contributed by atoms with van der Waals surface area (Å²) in [7, 11) is 0. The van der Waals surface area contributed by atoms with Gasteiger partial charge in [-0.1, -0.05) is 0 Å². The van der Waals surface area contributed by atoms with Crippen LogP contribution in [0.25, 0.3) is 11.3 Å². The highest BCUT2D eigenvalue weighted by atomic mass is 19.1. The molecule has 3 heterocycles. The summed E-state index contributed by atoms with van der Waals surface area (Å²) >= 11 is 0. The van der Waals surface area contributed by atoms with Gasteiger partial charge in [0, 0.05) is 56.0 Å². The molecular formula is C21H25FN6O. The summed E-state index contributed by atoms with van der Waals surface area (Å²) in [5.74, 6) is 1.01. The number of anilines is 1. The Hall–Kier alpha value is -3.00. The number of benzene rings is 1. The van der Waals surface area contributed by atoms with E-state index in [4.69, 9.17) is 4.74 Å². The monoisotopic (exact) mass is 396 g/mol. The van der Waals surface area contributed by atoms with Crippen molar-refractivity contribution in [2.75, 3.05) is 37.7 Å². The summed E-state index contributed by atoms with van der Waals surface area (Å²) in [5, 5.41) is 10.5.